The number of carbonyl (C=O) groups is 1. The topological polar surface area (TPSA) is 86.2 Å². The predicted octanol–water partition coefficient (Wildman–Crippen LogP) is -0.00710. The van der Waals surface area contributed by atoms with Gasteiger partial charge in [-0.3, -0.25) is 9.00 Å². The highest BCUT2D eigenvalue weighted by Gasteiger charge is 2.04. The normalized spacial score (nSPS) is 12.3. The molecule has 82 valence electrons. The molecule has 1 aromatic rings. The molecule has 0 aliphatic heterocycles. The van der Waals surface area contributed by atoms with E-state index in [0.29, 0.717) is 23.6 Å². The summed E-state index contributed by atoms with van der Waals surface area (Å²) in [7, 11) is -0.970. The first-order valence-electron chi connectivity index (χ1n) is 4.57. The lowest BCUT2D eigenvalue weighted by atomic mass is 10.1. The minimum Gasteiger partial charge on any atom is -0.366 e. The second-order valence-electron chi connectivity index (χ2n) is 3.14. The number of hydrogen-bond donors (Lipinski definition) is 2. The van der Waals surface area contributed by atoms with Gasteiger partial charge in [0.15, 0.2) is 0 Å². The fourth-order valence-corrected chi connectivity index (χ4v) is 2.16. The van der Waals surface area contributed by atoms with Crippen molar-refractivity contribution in [1.29, 1.82) is 0 Å². The number of amides is 1. The lowest BCUT2D eigenvalue weighted by molar-refractivity contribution is 0.1000. The quantitative estimate of drug-likeness (QED) is 0.740. The van der Waals surface area contributed by atoms with Crippen molar-refractivity contribution >= 4 is 16.7 Å². The van der Waals surface area contributed by atoms with E-state index in [-0.39, 0.29) is 0 Å². The van der Waals surface area contributed by atoms with Crippen LogP contribution in [0.5, 0.6) is 0 Å². The fraction of sp³-hybridized carbons (Fsp3) is 0.300. The van der Waals surface area contributed by atoms with Gasteiger partial charge < -0.3 is 11.5 Å². The summed E-state index contributed by atoms with van der Waals surface area (Å²) in [5, 5.41) is 0. The molecule has 0 heterocycles. The number of benzene rings is 1. The van der Waals surface area contributed by atoms with E-state index < -0.39 is 16.7 Å². The summed E-state index contributed by atoms with van der Waals surface area (Å²) < 4.78 is 11.4. The van der Waals surface area contributed by atoms with Crippen LogP contribution in [0, 0.1) is 0 Å². The van der Waals surface area contributed by atoms with Gasteiger partial charge in [0.1, 0.15) is 0 Å². The van der Waals surface area contributed by atoms with Crippen LogP contribution in [-0.2, 0) is 16.6 Å². The molecule has 0 saturated heterocycles. The molecule has 1 rings (SSSR count). The van der Waals surface area contributed by atoms with E-state index in [1.54, 1.807) is 18.2 Å². The number of nitrogens with two attached hydrogens (primary N) is 2. The van der Waals surface area contributed by atoms with Crippen LogP contribution in [0.1, 0.15) is 15.9 Å². The smallest absolute Gasteiger partial charge is 0.248 e. The maximum atomic E-state index is 11.4. The molecule has 1 aromatic carbocycles. The van der Waals surface area contributed by atoms with Crippen LogP contribution in [0.4, 0.5) is 0 Å². The number of primary amides is 1. The monoisotopic (exact) mass is 226 g/mol. The first kappa shape index (κ1) is 11.9. The molecule has 1 atom stereocenters. The average Bonchev–Trinajstić information content (AvgIpc) is 2.18. The van der Waals surface area contributed by atoms with Crippen LogP contribution in [-0.4, -0.2) is 22.4 Å². The average molecular weight is 226 g/mol. The minimum atomic E-state index is -0.970. The van der Waals surface area contributed by atoms with Crippen molar-refractivity contribution in [2.45, 2.75) is 5.75 Å². The summed E-state index contributed by atoms with van der Waals surface area (Å²) in [6.07, 6.45) is 0. The van der Waals surface area contributed by atoms with E-state index in [0.717, 1.165) is 5.56 Å². The minimum absolute atomic E-state index is 0.405. The van der Waals surface area contributed by atoms with Crippen LogP contribution in [0.3, 0.4) is 0 Å². The highest BCUT2D eigenvalue weighted by atomic mass is 32.2. The van der Waals surface area contributed by atoms with Crippen molar-refractivity contribution in [1.82, 2.24) is 0 Å². The lowest BCUT2D eigenvalue weighted by Crippen LogP contribution is -2.13. The van der Waals surface area contributed by atoms with Gasteiger partial charge >= 0.3 is 0 Å². The van der Waals surface area contributed by atoms with E-state index in [1.807, 2.05) is 6.07 Å². The highest BCUT2D eigenvalue weighted by Crippen LogP contribution is 2.07. The van der Waals surface area contributed by atoms with Gasteiger partial charge in [0.2, 0.25) is 5.91 Å². The highest BCUT2D eigenvalue weighted by molar-refractivity contribution is 7.84. The summed E-state index contributed by atoms with van der Waals surface area (Å²) in [6, 6.07) is 6.85. The van der Waals surface area contributed by atoms with E-state index in [4.69, 9.17) is 11.5 Å². The molecule has 5 heteroatoms. The second-order valence-corrected chi connectivity index (χ2v) is 4.72. The van der Waals surface area contributed by atoms with Gasteiger partial charge in [-0.1, -0.05) is 12.1 Å². The third kappa shape index (κ3) is 3.81. The number of rotatable bonds is 5. The van der Waals surface area contributed by atoms with E-state index in [1.165, 1.54) is 0 Å². The van der Waals surface area contributed by atoms with Crippen LogP contribution in [0.2, 0.25) is 0 Å². The van der Waals surface area contributed by atoms with Crippen molar-refractivity contribution in [2.75, 3.05) is 12.3 Å². The van der Waals surface area contributed by atoms with Gasteiger partial charge in [-0.2, -0.15) is 0 Å². The van der Waals surface area contributed by atoms with Gasteiger partial charge in [-0.15, -0.1) is 0 Å². The number of hydrogen-bond acceptors (Lipinski definition) is 3. The molecule has 15 heavy (non-hydrogen) atoms. The maximum Gasteiger partial charge on any atom is 0.248 e. The summed E-state index contributed by atoms with van der Waals surface area (Å²) >= 11 is 0. The molecule has 0 bridgehead atoms. The Labute approximate surface area is 91.1 Å². The molecule has 1 unspecified atom stereocenters. The van der Waals surface area contributed by atoms with E-state index >= 15 is 0 Å². The van der Waals surface area contributed by atoms with Gasteiger partial charge in [-0.05, 0) is 17.7 Å². The summed E-state index contributed by atoms with van der Waals surface area (Å²) in [5.41, 5.74) is 11.7. The lowest BCUT2D eigenvalue weighted by Gasteiger charge is -2.02. The Morgan fingerprint density at radius 2 is 2.13 bits per heavy atom. The Kier molecular flexibility index (Phi) is 4.45. The van der Waals surface area contributed by atoms with Gasteiger partial charge in [-0.25, -0.2) is 0 Å². The zero-order valence-corrected chi connectivity index (χ0v) is 9.13. The van der Waals surface area contributed by atoms with Crippen molar-refractivity contribution < 1.29 is 9.00 Å². The van der Waals surface area contributed by atoms with Crippen LogP contribution < -0.4 is 11.5 Å². The van der Waals surface area contributed by atoms with Gasteiger partial charge in [0, 0.05) is 34.4 Å². The molecule has 0 spiro atoms. The molecular weight excluding hydrogens is 212 g/mol. The first-order chi connectivity index (χ1) is 7.13. The Morgan fingerprint density at radius 1 is 1.40 bits per heavy atom. The van der Waals surface area contributed by atoms with Crippen molar-refractivity contribution in [2.24, 2.45) is 11.5 Å². The molecule has 0 saturated carbocycles. The van der Waals surface area contributed by atoms with E-state index in [2.05, 4.69) is 0 Å². The standard InChI is InChI=1S/C10H14N2O2S/c11-4-5-15(14)7-8-2-1-3-9(6-8)10(12)13/h1-3,6H,4-5,7,11H2,(H2,12,13). The van der Waals surface area contributed by atoms with E-state index in [9.17, 15) is 9.00 Å². The van der Waals surface area contributed by atoms with Crippen LogP contribution in [0.25, 0.3) is 0 Å². The summed E-state index contributed by atoms with van der Waals surface area (Å²) in [4.78, 5) is 10.9. The van der Waals surface area contributed by atoms with Crippen LogP contribution in [0.15, 0.2) is 24.3 Å². The molecule has 4 N–H and O–H groups in total. The molecular formula is C10H14N2O2S. The van der Waals surface area contributed by atoms with Gasteiger partial charge in [0.05, 0.1) is 0 Å². The third-order valence-corrected chi connectivity index (χ3v) is 3.23. The molecule has 0 aliphatic carbocycles. The predicted molar refractivity (Wildman–Crippen MR) is 60.7 cm³/mol. The SMILES string of the molecule is NCCS(=O)Cc1cccc(C(N)=O)c1. The van der Waals surface area contributed by atoms with Crippen molar-refractivity contribution in [3.8, 4) is 0 Å². The van der Waals surface area contributed by atoms with Gasteiger partial charge in [0.25, 0.3) is 0 Å². The Balaban J connectivity index is 2.73. The van der Waals surface area contributed by atoms with Crippen LogP contribution >= 0.6 is 0 Å². The van der Waals surface area contributed by atoms with Crippen molar-refractivity contribution in [3.63, 3.8) is 0 Å². The van der Waals surface area contributed by atoms with Crippen molar-refractivity contribution in [3.05, 3.63) is 35.4 Å². The second kappa shape index (κ2) is 5.63. The Hall–Kier alpha value is -1.20. The Morgan fingerprint density at radius 3 is 2.73 bits per heavy atom. The summed E-state index contributed by atoms with van der Waals surface area (Å²) in [5.74, 6) is 0.417. The first-order valence-corrected chi connectivity index (χ1v) is 6.06. The maximum absolute atomic E-state index is 11.4. The number of carbonyl (C=O) groups excluding carboxylic acids is 1. The molecule has 0 fully saturated rings. The summed E-state index contributed by atoms with van der Waals surface area (Å²) in [6.45, 7) is 0.405. The molecule has 0 aliphatic rings. The molecule has 4 nitrogen and oxygen atoms in total. The molecule has 1 amide bonds. The molecule has 0 radical (unpaired) electrons. The zero-order valence-electron chi connectivity index (χ0n) is 8.31. The Bertz CT molecular complexity index is 379. The largest absolute Gasteiger partial charge is 0.366 e. The zero-order chi connectivity index (χ0) is 11.3. The third-order valence-electron chi connectivity index (χ3n) is 1.88. The fourth-order valence-electron chi connectivity index (χ4n) is 1.20. The molecule has 0 aromatic heterocycles.